The number of benzene rings is 1. The molecule has 3 nitrogen and oxygen atoms in total. The smallest absolute Gasteiger partial charge is 0.335 e. The molecule has 0 amide bonds. The summed E-state index contributed by atoms with van der Waals surface area (Å²) in [5.74, 6) is -0.266. The average molecular weight is 184 g/mol. The van der Waals surface area contributed by atoms with Gasteiger partial charge in [0.15, 0.2) is 0 Å². The lowest BCUT2D eigenvalue weighted by Crippen LogP contribution is -1.94. The number of hydrogen-bond donors (Lipinski definition) is 1. The Balaban J connectivity index is 2.78. The van der Waals surface area contributed by atoms with Gasteiger partial charge in [0.05, 0.1) is 17.6 Å². The molecule has 0 aliphatic carbocycles. The van der Waals surface area contributed by atoms with Crippen LogP contribution < -0.4 is 4.18 Å². The monoisotopic (exact) mass is 184 g/mol. The maximum atomic E-state index is 10.4. The Bertz CT molecular complexity index is 268. The molecule has 0 spiro atoms. The zero-order chi connectivity index (χ0) is 8.97. The van der Waals surface area contributed by atoms with Gasteiger partial charge in [-0.25, -0.2) is 4.79 Å². The molecule has 0 aliphatic rings. The summed E-state index contributed by atoms with van der Waals surface area (Å²) in [7, 11) is 0. The summed E-state index contributed by atoms with van der Waals surface area (Å²) >= 11 is 1.22. The topological polar surface area (TPSA) is 46.5 Å². The normalized spacial score (nSPS) is 9.42. The van der Waals surface area contributed by atoms with Crippen LogP contribution in [-0.4, -0.2) is 17.3 Å². The third kappa shape index (κ3) is 2.17. The minimum absolute atomic E-state index is 0.267. The van der Waals surface area contributed by atoms with Crippen molar-refractivity contribution in [1.82, 2.24) is 0 Å². The SMILES string of the molecule is CSOc1ccc(C(=O)O)cc1. The second-order valence-corrected chi connectivity index (χ2v) is 2.58. The van der Waals surface area contributed by atoms with Crippen LogP contribution in [0.1, 0.15) is 10.4 Å². The Morgan fingerprint density at radius 2 is 2.00 bits per heavy atom. The maximum Gasteiger partial charge on any atom is 0.335 e. The number of rotatable bonds is 3. The van der Waals surface area contributed by atoms with Gasteiger partial charge < -0.3 is 9.29 Å². The van der Waals surface area contributed by atoms with E-state index in [2.05, 4.69) is 0 Å². The van der Waals surface area contributed by atoms with Gasteiger partial charge in [0, 0.05) is 6.26 Å². The summed E-state index contributed by atoms with van der Waals surface area (Å²) in [5, 5.41) is 8.56. The number of carbonyl (C=O) groups is 1. The molecule has 0 fully saturated rings. The standard InChI is InChI=1S/C8H8O3S/c1-12-11-7-4-2-6(3-5-7)8(9)10/h2-5H,1H3,(H,9,10). The van der Waals surface area contributed by atoms with Crippen molar-refractivity contribution in [2.75, 3.05) is 6.26 Å². The zero-order valence-corrected chi connectivity index (χ0v) is 7.30. The van der Waals surface area contributed by atoms with Gasteiger partial charge in [0.25, 0.3) is 0 Å². The molecule has 0 saturated carbocycles. The van der Waals surface area contributed by atoms with Crippen LogP contribution in [0.25, 0.3) is 0 Å². The van der Waals surface area contributed by atoms with Crippen LogP contribution in [0.2, 0.25) is 0 Å². The van der Waals surface area contributed by atoms with E-state index in [1.165, 1.54) is 24.2 Å². The van der Waals surface area contributed by atoms with E-state index in [4.69, 9.17) is 9.29 Å². The van der Waals surface area contributed by atoms with Gasteiger partial charge in [-0.15, -0.1) is 0 Å². The maximum absolute atomic E-state index is 10.4. The number of carboxylic acids is 1. The second-order valence-electron chi connectivity index (χ2n) is 2.08. The molecular formula is C8H8O3S. The first-order valence-electron chi connectivity index (χ1n) is 3.28. The summed E-state index contributed by atoms with van der Waals surface area (Å²) in [5.41, 5.74) is 0.267. The Hall–Kier alpha value is -1.16. The van der Waals surface area contributed by atoms with Gasteiger partial charge in [0.1, 0.15) is 5.75 Å². The molecule has 1 rings (SSSR count). The molecule has 0 radical (unpaired) electrons. The largest absolute Gasteiger partial charge is 0.478 e. The Kier molecular flexibility index (Phi) is 2.99. The van der Waals surface area contributed by atoms with Crippen molar-refractivity contribution < 1.29 is 14.1 Å². The molecule has 4 heteroatoms. The third-order valence-electron chi connectivity index (χ3n) is 1.28. The number of hydrogen-bond acceptors (Lipinski definition) is 3. The van der Waals surface area contributed by atoms with E-state index in [0.717, 1.165) is 0 Å². The van der Waals surface area contributed by atoms with Crippen LogP contribution in [0.3, 0.4) is 0 Å². The van der Waals surface area contributed by atoms with Gasteiger partial charge >= 0.3 is 5.97 Å². The predicted molar refractivity (Wildman–Crippen MR) is 47.5 cm³/mol. The first-order valence-corrected chi connectivity index (χ1v) is 4.43. The summed E-state index contributed by atoms with van der Waals surface area (Å²) in [6.45, 7) is 0. The molecule has 0 unspecified atom stereocenters. The molecule has 0 atom stereocenters. The second kappa shape index (κ2) is 4.01. The molecule has 1 aromatic rings. The van der Waals surface area contributed by atoms with Crippen LogP contribution in [0.5, 0.6) is 5.75 Å². The summed E-state index contributed by atoms with van der Waals surface area (Å²) in [4.78, 5) is 10.4. The van der Waals surface area contributed by atoms with E-state index in [-0.39, 0.29) is 5.56 Å². The van der Waals surface area contributed by atoms with Crippen LogP contribution in [0.4, 0.5) is 0 Å². The lowest BCUT2D eigenvalue weighted by molar-refractivity contribution is 0.0697. The first kappa shape index (κ1) is 8.93. The van der Waals surface area contributed by atoms with E-state index in [0.29, 0.717) is 5.75 Å². The highest BCUT2D eigenvalue weighted by molar-refractivity contribution is 7.94. The van der Waals surface area contributed by atoms with Crippen molar-refractivity contribution in [3.05, 3.63) is 29.8 Å². The van der Waals surface area contributed by atoms with Crippen molar-refractivity contribution >= 4 is 18.0 Å². The first-order chi connectivity index (χ1) is 5.74. The van der Waals surface area contributed by atoms with Crippen molar-refractivity contribution in [2.24, 2.45) is 0 Å². The number of aromatic carboxylic acids is 1. The Morgan fingerprint density at radius 1 is 1.42 bits per heavy atom. The van der Waals surface area contributed by atoms with E-state index in [1.807, 2.05) is 0 Å². The van der Waals surface area contributed by atoms with Crippen molar-refractivity contribution in [1.29, 1.82) is 0 Å². The Morgan fingerprint density at radius 3 is 2.42 bits per heavy atom. The molecule has 1 aromatic carbocycles. The van der Waals surface area contributed by atoms with Gasteiger partial charge in [0.2, 0.25) is 0 Å². The summed E-state index contributed by atoms with van der Waals surface area (Å²) in [6, 6.07) is 6.27. The molecule has 0 saturated heterocycles. The fourth-order valence-corrected chi connectivity index (χ4v) is 1.05. The van der Waals surface area contributed by atoms with Crippen LogP contribution in [0, 0.1) is 0 Å². The molecule has 64 valence electrons. The van der Waals surface area contributed by atoms with Crippen LogP contribution in [-0.2, 0) is 0 Å². The molecule has 0 aromatic heterocycles. The molecule has 1 N–H and O–H groups in total. The fourth-order valence-electron chi connectivity index (χ4n) is 0.749. The molecule has 0 bridgehead atoms. The van der Waals surface area contributed by atoms with Crippen LogP contribution in [0.15, 0.2) is 24.3 Å². The lowest BCUT2D eigenvalue weighted by Gasteiger charge is -1.99. The highest BCUT2D eigenvalue weighted by atomic mass is 32.2. The highest BCUT2D eigenvalue weighted by Gasteiger charge is 2.01. The van der Waals surface area contributed by atoms with E-state index < -0.39 is 5.97 Å². The molecule has 0 aliphatic heterocycles. The van der Waals surface area contributed by atoms with Crippen molar-refractivity contribution in [3.8, 4) is 5.75 Å². The van der Waals surface area contributed by atoms with Gasteiger partial charge in [-0.2, -0.15) is 0 Å². The van der Waals surface area contributed by atoms with E-state index in [9.17, 15) is 4.79 Å². The fraction of sp³-hybridized carbons (Fsp3) is 0.125. The van der Waals surface area contributed by atoms with Crippen molar-refractivity contribution in [2.45, 2.75) is 0 Å². The van der Waals surface area contributed by atoms with Gasteiger partial charge in [-0.1, -0.05) is 0 Å². The quantitative estimate of drug-likeness (QED) is 0.730. The minimum atomic E-state index is -0.925. The van der Waals surface area contributed by atoms with Gasteiger partial charge in [-0.3, -0.25) is 0 Å². The highest BCUT2D eigenvalue weighted by Crippen LogP contribution is 2.15. The lowest BCUT2D eigenvalue weighted by atomic mass is 10.2. The third-order valence-corrected chi connectivity index (χ3v) is 1.64. The van der Waals surface area contributed by atoms with E-state index in [1.54, 1.807) is 18.4 Å². The Labute approximate surface area is 74.6 Å². The minimum Gasteiger partial charge on any atom is -0.478 e. The summed E-state index contributed by atoms with van der Waals surface area (Å²) < 4.78 is 5.06. The number of carboxylic acid groups (broad SMARTS) is 1. The average Bonchev–Trinajstić information content (AvgIpc) is 2.06. The zero-order valence-electron chi connectivity index (χ0n) is 6.48. The predicted octanol–water partition coefficient (Wildman–Crippen LogP) is 2.04. The van der Waals surface area contributed by atoms with E-state index >= 15 is 0 Å². The van der Waals surface area contributed by atoms with Crippen LogP contribution >= 0.6 is 12.0 Å². The summed E-state index contributed by atoms with van der Waals surface area (Å²) in [6.07, 6.45) is 1.80. The molecule has 12 heavy (non-hydrogen) atoms. The molecular weight excluding hydrogens is 176 g/mol. The molecule has 0 heterocycles. The van der Waals surface area contributed by atoms with Gasteiger partial charge in [-0.05, 0) is 24.3 Å². The van der Waals surface area contributed by atoms with Crippen molar-refractivity contribution in [3.63, 3.8) is 0 Å².